The number of nitrogens with two attached hydrogens (primary N) is 1. The van der Waals surface area contributed by atoms with Crippen LogP contribution >= 0.6 is 0 Å². The average Bonchev–Trinajstić information content (AvgIpc) is 3.29. The van der Waals surface area contributed by atoms with Crippen molar-refractivity contribution in [3.05, 3.63) is 65.6 Å². The number of hydrogen-bond acceptors (Lipinski definition) is 6. The Morgan fingerprint density at radius 1 is 1.16 bits per heavy atom. The molecule has 158 valence electrons. The molecule has 0 radical (unpaired) electrons. The molecule has 3 aromatic heterocycles. The number of amidine groups is 1. The zero-order chi connectivity index (χ0) is 21.6. The summed E-state index contributed by atoms with van der Waals surface area (Å²) in [5.41, 5.74) is 8.87. The van der Waals surface area contributed by atoms with Gasteiger partial charge in [0.05, 0.1) is 6.33 Å². The Bertz CT molecular complexity index is 1240. The summed E-state index contributed by atoms with van der Waals surface area (Å²) in [5.74, 6) is 1.07. The van der Waals surface area contributed by atoms with Crippen LogP contribution in [0.15, 0.2) is 64.9 Å². The van der Waals surface area contributed by atoms with Crippen LogP contribution in [0.2, 0.25) is 0 Å². The standard InChI is InChI=1S/C22H23N7O2/c1-2-3-12-29-21-19(25-14-26-21)20(28-22(29)30)27-18(23)13-31-17-6-4-15(5-7-17)16-8-10-24-11-9-16/h4-11,14H,2-3,12-13H2,1H3,(H,25,26)(H2,23,27,28,30). The summed E-state index contributed by atoms with van der Waals surface area (Å²) >= 11 is 0. The van der Waals surface area contributed by atoms with Crippen molar-refractivity contribution < 1.29 is 4.74 Å². The fraction of sp³-hybridized carbons (Fsp3) is 0.227. The van der Waals surface area contributed by atoms with E-state index in [0.717, 1.165) is 24.0 Å². The highest BCUT2D eigenvalue weighted by Gasteiger charge is 2.12. The van der Waals surface area contributed by atoms with Crippen molar-refractivity contribution in [3.63, 3.8) is 0 Å². The van der Waals surface area contributed by atoms with Gasteiger partial charge in [0.15, 0.2) is 11.5 Å². The van der Waals surface area contributed by atoms with Crippen LogP contribution in [-0.2, 0) is 6.54 Å². The smallest absolute Gasteiger partial charge is 0.351 e. The van der Waals surface area contributed by atoms with E-state index in [1.165, 1.54) is 6.33 Å². The lowest BCUT2D eigenvalue weighted by atomic mass is 10.1. The molecule has 4 aromatic rings. The topological polar surface area (TPSA) is 124 Å². The normalized spacial score (nSPS) is 11.7. The number of rotatable bonds is 8. The molecule has 0 aliphatic rings. The molecule has 4 rings (SSSR count). The number of H-pyrrole nitrogens is 1. The molecule has 9 nitrogen and oxygen atoms in total. The van der Waals surface area contributed by atoms with E-state index in [4.69, 9.17) is 10.5 Å². The first-order chi connectivity index (χ1) is 15.2. The van der Waals surface area contributed by atoms with Crippen molar-refractivity contribution in [1.82, 2.24) is 24.5 Å². The zero-order valence-electron chi connectivity index (χ0n) is 17.2. The van der Waals surface area contributed by atoms with E-state index in [1.807, 2.05) is 36.4 Å². The van der Waals surface area contributed by atoms with Gasteiger partial charge in [-0.15, -0.1) is 0 Å². The van der Waals surface area contributed by atoms with Crippen LogP contribution in [0.3, 0.4) is 0 Å². The SMILES string of the molecule is CCCCn1c(=O)nc(N=C(N)COc2ccc(-c3ccncc3)cc2)c2[nH]cnc21. The Morgan fingerprint density at radius 2 is 1.90 bits per heavy atom. The lowest BCUT2D eigenvalue weighted by Crippen LogP contribution is -2.25. The summed E-state index contributed by atoms with van der Waals surface area (Å²) in [5, 5.41) is 0. The van der Waals surface area contributed by atoms with Gasteiger partial charge in [-0.3, -0.25) is 9.55 Å². The number of aromatic nitrogens is 5. The predicted molar refractivity (Wildman–Crippen MR) is 120 cm³/mol. The van der Waals surface area contributed by atoms with Gasteiger partial charge in [0.1, 0.15) is 23.7 Å². The van der Waals surface area contributed by atoms with E-state index in [9.17, 15) is 4.79 Å². The van der Waals surface area contributed by atoms with E-state index < -0.39 is 5.69 Å². The van der Waals surface area contributed by atoms with E-state index >= 15 is 0 Å². The highest BCUT2D eigenvalue weighted by molar-refractivity contribution is 5.89. The summed E-state index contributed by atoms with van der Waals surface area (Å²) in [6.45, 7) is 2.68. The number of benzene rings is 1. The summed E-state index contributed by atoms with van der Waals surface area (Å²) < 4.78 is 7.27. The lowest BCUT2D eigenvalue weighted by molar-refractivity contribution is 0.375. The molecule has 3 N–H and O–H groups in total. The number of imidazole rings is 1. The van der Waals surface area contributed by atoms with Gasteiger partial charge < -0.3 is 15.5 Å². The molecular formula is C22H23N7O2. The minimum atomic E-state index is -0.396. The molecule has 9 heteroatoms. The number of hydrogen-bond donors (Lipinski definition) is 2. The number of nitrogens with zero attached hydrogens (tertiary/aromatic N) is 5. The minimum Gasteiger partial charge on any atom is -0.486 e. The number of ether oxygens (including phenoxy) is 1. The Morgan fingerprint density at radius 3 is 2.65 bits per heavy atom. The molecule has 3 heterocycles. The Labute approximate surface area is 178 Å². The van der Waals surface area contributed by atoms with Crippen molar-refractivity contribution >= 4 is 22.8 Å². The molecular weight excluding hydrogens is 394 g/mol. The lowest BCUT2D eigenvalue weighted by Gasteiger charge is -2.08. The largest absolute Gasteiger partial charge is 0.486 e. The van der Waals surface area contributed by atoms with Gasteiger partial charge in [-0.2, -0.15) is 4.98 Å². The third-order valence-electron chi connectivity index (χ3n) is 4.77. The second-order valence-electron chi connectivity index (χ2n) is 6.98. The maximum Gasteiger partial charge on any atom is 0.351 e. The van der Waals surface area contributed by atoms with Crippen LogP contribution < -0.4 is 16.2 Å². The molecule has 0 aliphatic carbocycles. The van der Waals surface area contributed by atoms with Gasteiger partial charge in [0.2, 0.25) is 0 Å². The summed E-state index contributed by atoms with van der Waals surface area (Å²) in [7, 11) is 0. The quantitative estimate of drug-likeness (QED) is 0.335. The van der Waals surface area contributed by atoms with Crippen molar-refractivity contribution in [1.29, 1.82) is 0 Å². The minimum absolute atomic E-state index is 0.0604. The third kappa shape index (κ3) is 4.61. The number of aryl methyl sites for hydroxylation is 1. The van der Waals surface area contributed by atoms with Gasteiger partial charge in [-0.05, 0) is 41.8 Å². The number of aliphatic imine (C=N–C) groups is 1. The number of aromatic amines is 1. The number of pyridine rings is 1. The van der Waals surface area contributed by atoms with Crippen LogP contribution in [0.25, 0.3) is 22.3 Å². The average molecular weight is 417 g/mol. The predicted octanol–water partition coefficient (Wildman–Crippen LogP) is 3.05. The molecule has 0 fully saturated rings. The van der Waals surface area contributed by atoms with Crippen LogP contribution in [0.5, 0.6) is 5.75 Å². The Kier molecular flexibility index (Phi) is 6.02. The molecule has 31 heavy (non-hydrogen) atoms. The molecule has 0 bridgehead atoms. The number of fused-ring (bicyclic) bond motifs is 1. The van der Waals surface area contributed by atoms with Crippen LogP contribution in [-0.4, -0.2) is 36.9 Å². The maximum atomic E-state index is 12.4. The second-order valence-corrected chi connectivity index (χ2v) is 6.98. The van der Waals surface area contributed by atoms with E-state index in [1.54, 1.807) is 17.0 Å². The zero-order valence-corrected chi connectivity index (χ0v) is 17.2. The number of nitrogens with one attached hydrogen (secondary N) is 1. The molecule has 1 aromatic carbocycles. The van der Waals surface area contributed by atoms with Crippen molar-refractivity contribution in [2.24, 2.45) is 10.7 Å². The molecule has 0 atom stereocenters. The van der Waals surface area contributed by atoms with E-state index in [2.05, 4.69) is 31.9 Å². The summed E-state index contributed by atoms with van der Waals surface area (Å²) in [4.78, 5) is 32.1. The second kappa shape index (κ2) is 9.21. The summed E-state index contributed by atoms with van der Waals surface area (Å²) in [6.07, 6.45) is 6.85. The molecule has 0 saturated heterocycles. The van der Waals surface area contributed by atoms with Gasteiger partial charge in [0, 0.05) is 18.9 Å². The molecule has 0 spiro atoms. The van der Waals surface area contributed by atoms with Gasteiger partial charge in [0.25, 0.3) is 0 Å². The molecule has 0 unspecified atom stereocenters. The van der Waals surface area contributed by atoms with Gasteiger partial charge in [-0.25, -0.2) is 14.8 Å². The van der Waals surface area contributed by atoms with E-state index in [0.29, 0.717) is 23.5 Å². The van der Waals surface area contributed by atoms with Crippen LogP contribution in [0.4, 0.5) is 5.82 Å². The van der Waals surface area contributed by atoms with E-state index in [-0.39, 0.29) is 18.3 Å². The highest BCUT2D eigenvalue weighted by atomic mass is 16.5. The van der Waals surface area contributed by atoms with Crippen LogP contribution in [0.1, 0.15) is 19.8 Å². The van der Waals surface area contributed by atoms with Gasteiger partial charge >= 0.3 is 5.69 Å². The van der Waals surface area contributed by atoms with Gasteiger partial charge in [-0.1, -0.05) is 25.5 Å². The molecule has 0 amide bonds. The fourth-order valence-corrected chi connectivity index (χ4v) is 3.17. The summed E-state index contributed by atoms with van der Waals surface area (Å²) in [6, 6.07) is 11.5. The first-order valence-electron chi connectivity index (χ1n) is 10.1. The molecule has 0 aliphatic heterocycles. The number of unbranched alkanes of at least 4 members (excludes halogenated alkanes) is 1. The maximum absolute atomic E-state index is 12.4. The van der Waals surface area contributed by atoms with Crippen molar-refractivity contribution in [2.45, 2.75) is 26.3 Å². The molecule has 0 saturated carbocycles. The van der Waals surface area contributed by atoms with Crippen molar-refractivity contribution in [3.8, 4) is 16.9 Å². The monoisotopic (exact) mass is 417 g/mol. The van der Waals surface area contributed by atoms with Crippen LogP contribution in [0, 0.1) is 0 Å². The first kappa shape index (κ1) is 20.3. The Balaban J connectivity index is 1.48. The first-order valence-corrected chi connectivity index (χ1v) is 10.1. The highest BCUT2D eigenvalue weighted by Crippen LogP contribution is 2.22. The van der Waals surface area contributed by atoms with Crippen molar-refractivity contribution in [2.75, 3.05) is 6.61 Å². The fourth-order valence-electron chi connectivity index (χ4n) is 3.17. The Hall–Kier alpha value is -4.01. The third-order valence-corrected chi connectivity index (χ3v) is 4.77.